The van der Waals surface area contributed by atoms with E-state index in [4.69, 9.17) is 11.6 Å². The first kappa shape index (κ1) is 11.4. The lowest BCUT2D eigenvalue weighted by Crippen LogP contribution is -1.97. The third kappa shape index (κ3) is 2.68. The highest BCUT2D eigenvalue weighted by Gasteiger charge is 2.27. The van der Waals surface area contributed by atoms with Crippen LogP contribution in [-0.2, 0) is 6.42 Å². The summed E-state index contributed by atoms with van der Waals surface area (Å²) in [7, 11) is 0. The van der Waals surface area contributed by atoms with Gasteiger partial charge >= 0.3 is 0 Å². The van der Waals surface area contributed by atoms with Crippen molar-refractivity contribution in [3.8, 4) is 0 Å². The largest absolute Gasteiger partial charge is 0.154 e. The standard InChI is InChI=1S/C9H11ClN2.C2H6/c1-2-6-5-8(10)11-12-9(6)7-3-4-7;1-2/h5,7H,2-4H2,1H3;1-2H3. The molecule has 1 heterocycles. The molecule has 0 aliphatic heterocycles. The molecule has 1 aliphatic carbocycles. The van der Waals surface area contributed by atoms with E-state index in [0.717, 1.165) is 6.42 Å². The van der Waals surface area contributed by atoms with Crippen molar-refractivity contribution in [2.75, 3.05) is 0 Å². The predicted octanol–water partition coefficient (Wildman–Crippen LogP) is 3.60. The Morgan fingerprint density at radius 1 is 1.36 bits per heavy atom. The fraction of sp³-hybridized carbons (Fsp3) is 0.636. The van der Waals surface area contributed by atoms with Crippen LogP contribution in [0.3, 0.4) is 0 Å². The Balaban J connectivity index is 0.000000461. The van der Waals surface area contributed by atoms with E-state index < -0.39 is 0 Å². The van der Waals surface area contributed by atoms with Crippen LogP contribution in [0.15, 0.2) is 6.07 Å². The van der Waals surface area contributed by atoms with Gasteiger partial charge in [-0.2, -0.15) is 5.10 Å². The Kier molecular flexibility index (Phi) is 4.33. The van der Waals surface area contributed by atoms with E-state index in [-0.39, 0.29) is 0 Å². The van der Waals surface area contributed by atoms with Crippen LogP contribution in [0.4, 0.5) is 0 Å². The van der Waals surface area contributed by atoms with Crippen molar-refractivity contribution in [3.05, 3.63) is 22.5 Å². The van der Waals surface area contributed by atoms with Gasteiger partial charge in [0.25, 0.3) is 0 Å². The molecule has 78 valence electrons. The number of aromatic nitrogens is 2. The summed E-state index contributed by atoms with van der Waals surface area (Å²) < 4.78 is 0. The molecule has 0 bridgehead atoms. The van der Waals surface area contributed by atoms with Crippen LogP contribution >= 0.6 is 11.6 Å². The molecule has 3 heteroatoms. The Hall–Kier alpha value is -0.630. The summed E-state index contributed by atoms with van der Waals surface area (Å²) >= 11 is 5.75. The number of hydrogen-bond donors (Lipinski definition) is 0. The first-order valence-corrected chi connectivity index (χ1v) is 5.71. The molecule has 1 aromatic rings. The second-order valence-corrected chi connectivity index (χ2v) is 3.59. The van der Waals surface area contributed by atoms with E-state index in [0.29, 0.717) is 11.1 Å². The third-order valence-corrected chi connectivity index (χ3v) is 2.41. The molecule has 0 atom stereocenters. The van der Waals surface area contributed by atoms with Gasteiger partial charge in [0.1, 0.15) is 0 Å². The van der Waals surface area contributed by atoms with Crippen LogP contribution in [0.5, 0.6) is 0 Å². The Morgan fingerprint density at radius 3 is 2.50 bits per heavy atom. The van der Waals surface area contributed by atoms with Gasteiger partial charge in [0.15, 0.2) is 5.15 Å². The van der Waals surface area contributed by atoms with Crippen molar-refractivity contribution in [2.24, 2.45) is 0 Å². The molecule has 0 radical (unpaired) electrons. The molecule has 0 saturated heterocycles. The van der Waals surface area contributed by atoms with Gasteiger partial charge in [-0.1, -0.05) is 32.4 Å². The molecule has 14 heavy (non-hydrogen) atoms. The molecule has 2 nitrogen and oxygen atoms in total. The van der Waals surface area contributed by atoms with Gasteiger partial charge in [0.05, 0.1) is 5.69 Å². The summed E-state index contributed by atoms with van der Waals surface area (Å²) in [6.07, 6.45) is 3.54. The van der Waals surface area contributed by atoms with Gasteiger partial charge in [0, 0.05) is 5.92 Å². The normalized spacial score (nSPS) is 14.6. The second-order valence-electron chi connectivity index (χ2n) is 3.21. The van der Waals surface area contributed by atoms with Gasteiger partial charge in [0.2, 0.25) is 0 Å². The minimum Gasteiger partial charge on any atom is -0.154 e. The summed E-state index contributed by atoms with van der Waals surface area (Å²) in [5.41, 5.74) is 2.43. The number of nitrogens with zero attached hydrogens (tertiary/aromatic N) is 2. The van der Waals surface area contributed by atoms with Crippen LogP contribution in [-0.4, -0.2) is 10.2 Å². The molecule has 0 amide bonds. The molecule has 1 aliphatic rings. The van der Waals surface area contributed by atoms with Gasteiger partial charge < -0.3 is 0 Å². The maximum absolute atomic E-state index is 5.75. The van der Waals surface area contributed by atoms with Crippen molar-refractivity contribution in [2.45, 2.75) is 46.0 Å². The summed E-state index contributed by atoms with van der Waals surface area (Å²) in [5, 5.41) is 8.50. The van der Waals surface area contributed by atoms with E-state index in [1.54, 1.807) is 0 Å². The zero-order valence-electron chi connectivity index (χ0n) is 9.05. The molecule has 0 N–H and O–H groups in total. The number of hydrogen-bond acceptors (Lipinski definition) is 2. The Morgan fingerprint density at radius 2 is 2.00 bits per heavy atom. The van der Waals surface area contributed by atoms with Crippen molar-refractivity contribution in [1.29, 1.82) is 0 Å². The monoisotopic (exact) mass is 212 g/mol. The van der Waals surface area contributed by atoms with Crippen LogP contribution in [0.2, 0.25) is 5.15 Å². The summed E-state index contributed by atoms with van der Waals surface area (Å²) in [6.45, 7) is 6.12. The van der Waals surface area contributed by atoms with Crippen LogP contribution in [0.1, 0.15) is 50.8 Å². The molecule has 1 fully saturated rings. The molecule has 0 unspecified atom stereocenters. The molecule has 0 spiro atoms. The topological polar surface area (TPSA) is 25.8 Å². The minimum atomic E-state index is 0.510. The van der Waals surface area contributed by atoms with Crippen LogP contribution in [0, 0.1) is 0 Å². The summed E-state index contributed by atoms with van der Waals surface area (Å²) in [5.74, 6) is 0.671. The van der Waals surface area contributed by atoms with Crippen molar-refractivity contribution in [3.63, 3.8) is 0 Å². The van der Waals surface area contributed by atoms with Gasteiger partial charge in [-0.05, 0) is 30.9 Å². The summed E-state index contributed by atoms with van der Waals surface area (Å²) in [4.78, 5) is 0. The lowest BCUT2D eigenvalue weighted by molar-refractivity contribution is 0.870. The van der Waals surface area contributed by atoms with E-state index in [1.165, 1.54) is 24.1 Å². The van der Waals surface area contributed by atoms with Gasteiger partial charge in [-0.15, -0.1) is 5.10 Å². The first-order chi connectivity index (χ1) is 6.81. The van der Waals surface area contributed by atoms with Crippen molar-refractivity contribution < 1.29 is 0 Å². The molecule has 0 aromatic carbocycles. The molecule has 2 rings (SSSR count). The van der Waals surface area contributed by atoms with E-state index in [9.17, 15) is 0 Å². The first-order valence-electron chi connectivity index (χ1n) is 5.33. The third-order valence-electron chi connectivity index (χ3n) is 2.22. The highest BCUT2D eigenvalue weighted by molar-refractivity contribution is 6.29. The number of aryl methyl sites for hydroxylation is 1. The van der Waals surface area contributed by atoms with Gasteiger partial charge in [-0.25, -0.2) is 0 Å². The van der Waals surface area contributed by atoms with Gasteiger partial charge in [-0.3, -0.25) is 0 Å². The maximum Gasteiger partial charge on any atom is 0.152 e. The molecule has 1 saturated carbocycles. The Labute approximate surface area is 90.7 Å². The molecular weight excluding hydrogens is 196 g/mol. The van der Waals surface area contributed by atoms with E-state index in [1.807, 2.05) is 19.9 Å². The fourth-order valence-electron chi connectivity index (χ4n) is 1.40. The maximum atomic E-state index is 5.75. The average Bonchev–Trinajstić information content (AvgIpc) is 3.04. The lowest BCUT2D eigenvalue weighted by atomic mass is 10.1. The average molecular weight is 213 g/mol. The second kappa shape index (κ2) is 5.30. The lowest BCUT2D eigenvalue weighted by Gasteiger charge is -2.03. The quantitative estimate of drug-likeness (QED) is 0.749. The van der Waals surface area contributed by atoms with Crippen LogP contribution in [0.25, 0.3) is 0 Å². The van der Waals surface area contributed by atoms with Crippen molar-refractivity contribution in [1.82, 2.24) is 10.2 Å². The van der Waals surface area contributed by atoms with Crippen molar-refractivity contribution >= 4 is 11.6 Å². The summed E-state index contributed by atoms with van der Waals surface area (Å²) in [6, 6.07) is 1.93. The highest BCUT2D eigenvalue weighted by Crippen LogP contribution is 2.40. The zero-order valence-corrected chi connectivity index (χ0v) is 9.80. The van der Waals surface area contributed by atoms with E-state index in [2.05, 4.69) is 17.1 Å². The number of halogens is 1. The zero-order chi connectivity index (χ0) is 10.6. The Bertz CT molecular complexity index is 295. The van der Waals surface area contributed by atoms with Crippen LogP contribution < -0.4 is 0 Å². The fourth-order valence-corrected chi connectivity index (χ4v) is 1.57. The number of rotatable bonds is 2. The smallest absolute Gasteiger partial charge is 0.152 e. The highest BCUT2D eigenvalue weighted by atomic mass is 35.5. The molecular formula is C11H17ClN2. The van der Waals surface area contributed by atoms with E-state index >= 15 is 0 Å². The SMILES string of the molecule is CC.CCc1cc(Cl)nnc1C1CC1. The minimum absolute atomic E-state index is 0.510. The predicted molar refractivity (Wildman–Crippen MR) is 59.7 cm³/mol. The molecule has 1 aromatic heterocycles.